The van der Waals surface area contributed by atoms with Crippen LogP contribution >= 0.6 is 11.6 Å². The molecule has 1 aromatic rings. The van der Waals surface area contributed by atoms with Gasteiger partial charge in [0.15, 0.2) is 5.78 Å². The Bertz CT molecular complexity index is 559. The van der Waals surface area contributed by atoms with Crippen molar-refractivity contribution < 1.29 is 23.9 Å². The molecule has 2 N–H and O–H groups in total. The summed E-state index contributed by atoms with van der Waals surface area (Å²) >= 11 is 5.69. The van der Waals surface area contributed by atoms with Gasteiger partial charge in [-0.2, -0.15) is 0 Å². The van der Waals surface area contributed by atoms with Gasteiger partial charge in [0.2, 0.25) is 0 Å². The average Bonchev–Trinajstić information content (AvgIpc) is 2.59. The SMILES string of the molecule is CCOC(=O)C(N)CCC(=O)OCCC(=O)c1ccc(CCl)cc1. The standard InChI is InChI=1S/C17H22ClNO5/c1-2-23-17(22)14(19)7-8-16(21)24-10-9-15(20)13-5-3-12(11-18)4-6-13/h3-6,14H,2,7-11,19H2,1H3. The maximum Gasteiger partial charge on any atom is 0.322 e. The highest BCUT2D eigenvalue weighted by Crippen LogP contribution is 2.09. The first-order chi connectivity index (χ1) is 11.5. The third-order valence-electron chi connectivity index (χ3n) is 3.27. The van der Waals surface area contributed by atoms with Crippen LogP contribution < -0.4 is 5.73 Å². The Hall–Kier alpha value is -1.92. The summed E-state index contributed by atoms with van der Waals surface area (Å²) in [5, 5.41) is 0. The Balaban J connectivity index is 2.27. The largest absolute Gasteiger partial charge is 0.465 e. The second-order valence-electron chi connectivity index (χ2n) is 5.12. The van der Waals surface area contributed by atoms with Gasteiger partial charge in [0, 0.05) is 24.3 Å². The van der Waals surface area contributed by atoms with Crippen LogP contribution in [0.25, 0.3) is 0 Å². The van der Waals surface area contributed by atoms with Crippen LogP contribution in [0.2, 0.25) is 0 Å². The average molecular weight is 356 g/mol. The molecule has 0 heterocycles. The van der Waals surface area contributed by atoms with Gasteiger partial charge < -0.3 is 15.2 Å². The smallest absolute Gasteiger partial charge is 0.322 e. The highest BCUT2D eigenvalue weighted by molar-refractivity contribution is 6.17. The van der Waals surface area contributed by atoms with Crippen LogP contribution in [0.5, 0.6) is 0 Å². The molecule has 132 valence electrons. The van der Waals surface area contributed by atoms with Crippen molar-refractivity contribution in [3.8, 4) is 0 Å². The van der Waals surface area contributed by atoms with E-state index in [9.17, 15) is 14.4 Å². The molecule has 0 aliphatic carbocycles. The molecule has 1 atom stereocenters. The van der Waals surface area contributed by atoms with Gasteiger partial charge in [0.1, 0.15) is 6.04 Å². The molecular weight excluding hydrogens is 334 g/mol. The minimum atomic E-state index is -0.848. The lowest BCUT2D eigenvalue weighted by Crippen LogP contribution is -2.33. The van der Waals surface area contributed by atoms with Crippen LogP contribution in [0, 0.1) is 0 Å². The minimum absolute atomic E-state index is 0.00140. The number of alkyl halides is 1. The second kappa shape index (κ2) is 10.8. The predicted octanol–water partition coefficient (Wildman–Crippen LogP) is 2.21. The first-order valence-electron chi connectivity index (χ1n) is 7.73. The normalized spacial score (nSPS) is 11.6. The zero-order chi connectivity index (χ0) is 17.9. The third kappa shape index (κ3) is 7.10. The van der Waals surface area contributed by atoms with Crippen molar-refractivity contribution in [3.05, 3.63) is 35.4 Å². The molecule has 7 heteroatoms. The summed E-state index contributed by atoms with van der Waals surface area (Å²) in [6.07, 6.45) is 0.236. The van der Waals surface area contributed by atoms with E-state index in [1.807, 2.05) is 0 Å². The molecule has 0 radical (unpaired) electrons. The maximum absolute atomic E-state index is 11.9. The highest BCUT2D eigenvalue weighted by Gasteiger charge is 2.16. The molecule has 1 unspecified atom stereocenters. The molecule has 0 spiro atoms. The number of Topliss-reactive ketones (excluding diaryl/α,β-unsaturated/α-hetero) is 1. The molecule has 0 saturated carbocycles. The molecule has 0 bridgehead atoms. The molecule has 1 rings (SSSR count). The number of carbonyl (C=O) groups excluding carboxylic acids is 3. The van der Waals surface area contributed by atoms with E-state index in [4.69, 9.17) is 26.8 Å². The van der Waals surface area contributed by atoms with E-state index < -0.39 is 18.0 Å². The number of benzene rings is 1. The number of nitrogens with two attached hydrogens (primary N) is 1. The number of esters is 2. The topological polar surface area (TPSA) is 95.7 Å². The summed E-state index contributed by atoms with van der Waals surface area (Å²) in [5.41, 5.74) is 7.06. The van der Waals surface area contributed by atoms with Crippen molar-refractivity contribution >= 4 is 29.3 Å². The number of hydrogen-bond donors (Lipinski definition) is 1. The summed E-state index contributed by atoms with van der Waals surface area (Å²) in [6.45, 7) is 1.91. The van der Waals surface area contributed by atoms with E-state index in [0.717, 1.165) is 5.56 Å². The highest BCUT2D eigenvalue weighted by atomic mass is 35.5. The summed E-state index contributed by atoms with van der Waals surface area (Å²) < 4.78 is 9.73. The van der Waals surface area contributed by atoms with Gasteiger partial charge in [-0.15, -0.1) is 11.6 Å². The lowest BCUT2D eigenvalue weighted by Gasteiger charge is -2.10. The van der Waals surface area contributed by atoms with Crippen LogP contribution in [0.3, 0.4) is 0 Å². The van der Waals surface area contributed by atoms with E-state index in [0.29, 0.717) is 11.4 Å². The number of ether oxygens (including phenoxy) is 2. The molecule has 0 saturated heterocycles. The van der Waals surface area contributed by atoms with Gasteiger partial charge in [-0.05, 0) is 18.9 Å². The Morgan fingerprint density at radius 2 is 1.79 bits per heavy atom. The lowest BCUT2D eigenvalue weighted by molar-refractivity contribution is -0.146. The molecular formula is C17H22ClNO5. The van der Waals surface area contributed by atoms with E-state index in [1.165, 1.54) is 0 Å². The molecule has 24 heavy (non-hydrogen) atoms. The van der Waals surface area contributed by atoms with Crippen molar-refractivity contribution in [1.29, 1.82) is 0 Å². The maximum atomic E-state index is 11.9. The first-order valence-corrected chi connectivity index (χ1v) is 8.27. The zero-order valence-corrected chi connectivity index (χ0v) is 14.4. The van der Waals surface area contributed by atoms with E-state index >= 15 is 0 Å². The third-order valence-corrected chi connectivity index (χ3v) is 3.58. The number of halogens is 1. The van der Waals surface area contributed by atoms with Gasteiger partial charge in [-0.3, -0.25) is 14.4 Å². The molecule has 0 fully saturated rings. The Morgan fingerprint density at radius 1 is 1.12 bits per heavy atom. The van der Waals surface area contributed by atoms with E-state index in [1.54, 1.807) is 31.2 Å². The summed E-state index contributed by atoms with van der Waals surface area (Å²) in [7, 11) is 0. The molecule has 6 nitrogen and oxygen atoms in total. The van der Waals surface area contributed by atoms with Crippen LogP contribution in [-0.2, 0) is 24.9 Å². The van der Waals surface area contributed by atoms with Crippen molar-refractivity contribution in [3.63, 3.8) is 0 Å². The quantitative estimate of drug-likeness (QED) is 0.392. The van der Waals surface area contributed by atoms with Crippen molar-refractivity contribution in [2.75, 3.05) is 13.2 Å². The van der Waals surface area contributed by atoms with E-state index in [-0.39, 0.29) is 38.3 Å². The van der Waals surface area contributed by atoms with Gasteiger partial charge >= 0.3 is 11.9 Å². The zero-order valence-electron chi connectivity index (χ0n) is 13.6. The fraction of sp³-hybridized carbons (Fsp3) is 0.471. The number of ketones is 1. The second-order valence-corrected chi connectivity index (χ2v) is 5.39. The Labute approximate surface area is 146 Å². The molecule has 0 aromatic heterocycles. The van der Waals surface area contributed by atoms with Gasteiger partial charge in [-0.25, -0.2) is 0 Å². The summed E-state index contributed by atoms with van der Waals surface area (Å²) in [4.78, 5) is 34.8. The monoisotopic (exact) mass is 355 g/mol. The fourth-order valence-corrected chi connectivity index (χ4v) is 2.07. The lowest BCUT2D eigenvalue weighted by atomic mass is 10.1. The van der Waals surface area contributed by atoms with Gasteiger partial charge in [0.25, 0.3) is 0 Å². The number of rotatable bonds is 10. The minimum Gasteiger partial charge on any atom is -0.465 e. The molecule has 0 aliphatic rings. The van der Waals surface area contributed by atoms with Gasteiger partial charge in [0.05, 0.1) is 13.2 Å². The van der Waals surface area contributed by atoms with Crippen LogP contribution in [0.1, 0.15) is 42.1 Å². The van der Waals surface area contributed by atoms with Crippen LogP contribution in [-0.4, -0.2) is 37.0 Å². The van der Waals surface area contributed by atoms with E-state index in [2.05, 4.69) is 0 Å². The molecule has 1 aromatic carbocycles. The van der Waals surface area contributed by atoms with Gasteiger partial charge in [-0.1, -0.05) is 24.3 Å². The van der Waals surface area contributed by atoms with Crippen LogP contribution in [0.4, 0.5) is 0 Å². The van der Waals surface area contributed by atoms with Crippen molar-refractivity contribution in [1.82, 2.24) is 0 Å². The summed E-state index contributed by atoms with van der Waals surface area (Å²) in [6, 6.07) is 6.10. The number of hydrogen-bond acceptors (Lipinski definition) is 6. The molecule has 0 aliphatic heterocycles. The number of carbonyl (C=O) groups is 3. The Morgan fingerprint density at radius 3 is 2.38 bits per heavy atom. The Kier molecular flexibility index (Phi) is 9.04. The summed E-state index contributed by atoms with van der Waals surface area (Å²) in [5.74, 6) is -0.770. The first kappa shape index (κ1) is 20.1. The van der Waals surface area contributed by atoms with Crippen molar-refractivity contribution in [2.45, 2.75) is 38.1 Å². The van der Waals surface area contributed by atoms with Crippen LogP contribution in [0.15, 0.2) is 24.3 Å². The predicted molar refractivity (Wildman–Crippen MR) is 89.7 cm³/mol. The fourth-order valence-electron chi connectivity index (χ4n) is 1.89. The van der Waals surface area contributed by atoms with Crippen molar-refractivity contribution in [2.24, 2.45) is 5.73 Å². The molecule has 0 amide bonds.